The molecule has 0 N–H and O–H groups in total. The van der Waals surface area contributed by atoms with Gasteiger partial charge in [-0.25, -0.2) is 0 Å². The molecule has 0 aliphatic carbocycles. The van der Waals surface area contributed by atoms with E-state index in [0.717, 1.165) is 31.4 Å². The van der Waals surface area contributed by atoms with E-state index in [4.69, 9.17) is 0 Å². The molecule has 2 aliphatic rings. The normalized spacial score (nSPS) is 15.4. The molecule has 0 unspecified atom stereocenters. The van der Waals surface area contributed by atoms with Gasteiger partial charge in [0, 0.05) is 31.2 Å². The van der Waals surface area contributed by atoms with Crippen molar-refractivity contribution < 1.29 is 0 Å². The summed E-state index contributed by atoms with van der Waals surface area (Å²) in [7, 11) is 0. The van der Waals surface area contributed by atoms with Crippen molar-refractivity contribution in [3.63, 3.8) is 0 Å². The van der Waals surface area contributed by atoms with Crippen LogP contribution < -0.4 is 9.80 Å². The molecule has 8 rings (SSSR count). The van der Waals surface area contributed by atoms with E-state index >= 15 is 0 Å². The van der Waals surface area contributed by atoms with E-state index in [-0.39, 0.29) is 10.8 Å². The van der Waals surface area contributed by atoms with E-state index < -0.39 is 0 Å². The van der Waals surface area contributed by atoms with Crippen molar-refractivity contribution in [3.8, 4) is 11.1 Å². The third-order valence-corrected chi connectivity index (χ3v) is 11.3. The Kier molecular flexibility index (Phi) is 6.83. The zero-order valence-corrected chi connectivity index (χ0v) is 29.5. The minimum absolute atomic E-state index is 0.0847. The quantitative estimate of drug-likeness (QED) is 0.179. The lowest BCUT2D eigenvalue weighted by atomic mass is 9.73. The summed E-state index contributed by atoms with van der Waals surface area (Å²) in [4.78, 5) is 4.80. The molecule has 226 valence electrons. The minimum Gasteiger partial charge on any atom is -0.310 e. The van der Waals surface area contributed by atoms with Crippen molar-refractivity contribution in [2.75, 3.05) is 9.80 Å². The van der Waals surface area contributed by atoms with Crippen LogP contribution in [0.4, 0.5) is 34.1 Å². The molecule has 0 fully saturated rings. The SMILES string of the molecule is CC1(C)c2ccccc2N(c2ccc(-c3ccc(N4c5ccccc5C(C)(C)c5ccccc54)cc3Br)c(Br)c2)c2ccccc21. The molecule has 46 heavy (non-hydrogen) atoms. The first-order valence-corrected chi connectivity index (χ1v) is 17.3. The monoisotopic (exact) mass is 724 g/mol. The molecule has 6 aromatic carbocycles. The average molecular weight is 727 g/mol. The molecular weight excluding hydrogens is 692 g/mol. The van der Waals surface area contributed by atoms with Crippen LogP contribution in [0.15, 0.2) is 142 Å². The number of anilines is 6. The van der Waals surface area contributed by atoms with Gasteiger partial charge in [-0.1, -0.05) is 144 Å². The Morgan fingerprint density at radius 3 is 0.957 bits per heavy atom. The summed E-state index contributed by atoms with van der Waals surface area (Å²) in [6.45, 7) is 9.29. The molecule has 0 saturated carbocycles. The van der Waals surface area contributed by atoms with Crippen LogP contribution in [0.3, 0.4) is 0 Å². The van der Waals surface area contributed by atoms with Crippen LogP contribution in [0.2, 0.25) is 0 Å². The zero-order chi connectivity index (χ0) is 31.8. The van der Waals surface area contributed by atoms with Gasteiger partial charge in [0.1, 0.15) is 0 Å². The lowest BCUT2D eigenvalue weighted by Gasteiger charge is -2.42. The molecule has 0 spiro atoms. The third-order valence-electron chi connectivity index (χ3n) is 9.99. The Balaban J connectivity index is 1.20. The number of hydrogen-bond acceptors (Lipinski definition) is 2. The van der Waals surface area contributed by atoms with Crippen molar-refractivity contribution in [2.24, 2.45) is 0 Å². The fourth-order valence-corrected chi connectivity index (χ4v) is 8.78. The highest BCUT2D eigenvalue weighted by Gasteiger charge is 2.38. The minimum atomic E-state index is -0.0847. The van der Waals surface area contributed by atoms with Crippen molar-refractivity contribution in [1.82, 2.24) is 0 Å². The lowest BCUT2D eigenvalue weighted by Crippen LogP contribution is -2.30. The summed E-state index contributed by atoms with van der Waals surface area (Å²) >= 11 is 7.96. The molecule has 6 aromatic rings. The van der Waals surface area contributed by atoms with Crippen LogP contribution in [0.25, 0.3) is 11.1 Å². The van der Waals surface area contributed by atoms with E-state index in [1.165, 1.54) is 45.0 Å². The van der Waals surface area contributed by atoms with Crippen LogP contribution in [-0.4, -0.2) is 0 Å². The molecule has 2 heterocycles. The highest BCUT2D eigenvalue weighted by atomic mass is 79.9. The summed E-state index contributed by atoms with van der Waals surface area (Å²) in [5.41, 5.74) is 14.6. The number of fused-ring (bicyclic) bond motifs is 4. The van der Waals surface area contributed by atoms with Gasteiger partial charge >= 0.3 is 0 Å². The van der Waals surface area contributed by atoms with Gasteiger partial charge in [-0.3, -0.25) is 0 Å². The number of rotatable bonds is 3. The molecule has 0 amide bonds. The molecule has 0 saturated heterocycles. The second kappa shape index (κ2) is 10.7. The van der Waals surface area contributed by atoms with E-state index in [2.05, 4.69) is 203 Å². The van der Waals surface area contributed by atoms with Crippen LogP contribution in [-0.2, 0) is 10.8 Å². The molecule has 2 nitrogen and oxygen atoms in total. The maximum absolute atomic E-state index is 3.98. The Morgan fingerprint density at radius 1 is 0.391 bits per heavy atom. The summed E-state index contributed by atoms with van der Waals surface area (Å²) in [5.74, 6) is 0. The number of benzene rings is 6. The summed E-state index contributed by atoms with van der Waals surface area (Å²) in [6, 6.07) is 48.6. The van der Waals surface area contributed by atoms with E-state index in [0.29, 0.717) is 0 Å². The van der Waals surface area contributed by atoms with Gasteiger partial charge in [0.05, 0.1) is 22.7 Å². The Morgan fingerprint density at radius 2 is 0.674 bits per heavy atom. The largest absolute Gasteiger partial charge is 0.310 e. The van der Waals surface area contributed by atoms with E-state index in [9.17, 15) is 0 Å². The first kappa shape index (κ1) is 29.3. The third kappa shape index (κ3) is 4.34. The number of halogens is 2. The van der Waals surface area contributed by atoms with E-state index in [1.807, 2.05) is 0 Å². The molecule has 4 heteroatoms. The first-order valence-electron chi connectivity index (χ1n) is 15.8. The number of hydrogen-bond donors (Lipinski definition) is 0. The summed E-state index contributed by atoms with van der Waals surface area (Å²) in [5, 5.41) is 0. The maximum Gasteiger partial charge on any atom is 0.0502 e. The van der Waals surface area contributed by atoms with Gasteiger partial charge in [0.2, 0.25) is 0 Å². The molecule has 0 atom stereocenters. The highest BCUT2D eigenvalue weighted by Crippen LogP contribution is 2.54. The lowest BCUT2D eigenvalue weighted by molar-refractivity contribution is 0.631. The van der Waals surface area contributed by atoms with Crippen LogP contribution in [0, 0.1) is 0 Å². The van der Waals surface area contributed by atoms with Crippen molar-refractivity contribution in [3.05, 3.63) is 165 Å². The summed E-state index contributed by atoms with van der Waals surface area (Å²) < 4.78 is 2.10. The van der Waals surface area contributed by atoms with Gasteiger partial charge in [-0.2, -0.15) is 0 Å². The number of para-hydroxylation sites is 4. The van der Waals surface area contributed by atoms with Gasteiger partial charge < -0.3 is 9.80 Å². The molecular formula is C42H34Br2N2. The first-order chi connectivity index (χ1) is 22.2. The molecule has 0 bridgehead atoms. The fraction of sp³-hybridized carbons (Fsp3) is 0.143. The predicted molar refractivity (Wildman–Crippen MR) is 201 cm³/mol. The molecule has 0 aromatic heterocycles. The Labute approximate surface area is 288 Å². The Hall–Kier alpha value is -4.12. The Bertz CT molecular complexity index is 1910. The van der Waals surface area contributed by atoms with Crippen LogP contribution in [0.1, 0.15) is 49.9 Å². The number of nitrogens with zero attached hydrogens (tertiary/aromatic N) is 2. The van der Waals surface area contributed by atoms with Crippen LogP contribution in [0.5, 0.6) is 0 Å². The smallest absolute Gasteiger partial charge is 0.0502 e. The maximum atomic E-state index is 3.98. The van der Waals surface area contributed by atoms with Gasteiger partial charge in [-0.15, -0.1) is 0 Å². The standard InChI is InChI=1S/C42H34Br2N2/c1-41(2)31-13-5-9-17-37(31)45(38-18-10-6-14-32(38)41)27-21-23-29(35(43)25-27)30-24-22-28(26-36(30)44)46-39-19-11-7-15-33(39)42(3,4)34-16-8-12-20-40(34)46/h5-26H,1-4H3. The van der Waals surface area contributed by atoms with Crippen LogP contribution >= 0.6 is 31.9 Å². The van der Waals surface area contributed by atoms with Crippen molar-refractivity contribution in [2.45, 2.75) is 38.5 Å². The van der Waals surface area contributed by atoms with Crippen molar-refractivity contribution in [1.29, 1.82) is 0 Å². The molecule has 2 aliphatic heterocycles. The second-order valence-corrected chi connectivity index (χ2v) is 15.0. The van der Waals surface area contributed by atoms with Gasteiger partial charge in [0.15, 0.2) is 0 Å². The van der Waals surface area contributed by atoms with Gasteiger partial charge in [-0.05, 0) is 81.9 Å². The second-order valence-electron chi connectivity index (χ2n) is 13.3. The zero-order valence-electron chi connectivity index (χ0n) is 26.4. The van der Waals surface area contributed by atoms with Crippen molar-refractivity contribution >= 4 is 66.0 Å². The highest BCUT2D eigenvalue weighted by molar-refractivity contribution is 9.11. The predicted octanol–water partition coefficient (Wildman–Crippen LogP) is 13.1. The summed E-state index contributed by atoms with van der Waals surface area (Å²) in [6.07, 6.45) is 0. The van der Waals surface area contributed by atoms with Gasteiger partial charge in [0.25, 0.3) is 0 Å². The molecule has 0 radical (unpaired) electrons. The fourth-order valence-electron chi connectivity index (χ4n) is 7.62. The average Bonchev–Trinajstić information content (AvgIpc) is 3.06. The topological polar surface area (TPSA) is 6.48 Å². The van der Waals surface area contributed by atoms with E-state index in [1.54, 1.807) is 0 Å².